The summed E-state index contributed by atoms with van der Waals surface area (Å²) in [5.41, 5.74) is 1.27. The monoisotopic (exact) mass is 308 g/mol. The molecule has 1 aliphatic carbocycles. The molecule has 114 valence electrons. The van der Waals surface area contributed by atoms with Gasteiger partial charge in [0.25, 0.3) is 0 Å². The van der Waals surface area contributed by atoms with E-state index in [1.165, 1.54) is 0 Å². The van der Waals surface area contributed by atoms with E-state index in [0.29, 0.717) is 11.1 Å². The number of carboxylic acids is 1. The number of ketones is 2. The van der Waals surface area contributed by atoms with Gasteiger partial charge in [-0.25, -0.2) is 4.79 Å². The molecule has 23 heavy (non-hydrogen) atoms. The molecule has 5 heteroatoms. The van der Waals surface area contributed by atoms with E-state index in [1.54, 1.807) is 12.1 Å². The first-order chi connectivity index (χ1) is 11.1. The molecular weight excluding hydrogens is 296 g/mol. The van der Waals surface area contributed by atoms with Gasteiger partial charge in [-0.2, -0.15) is 0 Å². The minimum atomic E-state index is -1.12. The average Bonchev–Trinajstić information content (AvgIpc) is 2.58. The summed E-state index contributed by atoms with van der Waals surface area (Å²) in [5.74, 6) is -1.64. The maximum atomic E-state index is 12.7. The second kappa shape index (κ2) is 4.86. The molecule has 0 spiro atoms. The van der Waals surface area contributed by atoms with E-state index in [4.69, 9.17) is 9.84 Å². The standard InChI is InChI=1S/C18H12O5/c19-16-11-5-9-3-1-2-4-10(9)6-12(11)17(20)14-8-23-15(18(21)22)7-13(14)16/h1-6,15H,7-8H2,(H,21,22). The van der Waals surface area contributed by atoms with Crippen molar-refractivity contribution in [3.05, 3.63) is 58.7 Å². The van der Waals surface area contributed by atoms with Crippen molar-refractivity contribution in [1.29, 1.82) is 0 Å². The summed E-state index contributed by atoms with van der Waals surface area (Å²) in [5, 5.41) is 10.8. The van der Waals surface area contributed by atoms with Gasteiger partial charge in [0.15, 0.2) is 17.7 Å². The summed E-state index contributed by atoms with van der Waals surface area (Å²) >= 11 is 0. The zero-order valence-corrected chi connectivity index (χ0v) is 12.0. The van der Waals surface area contributed by atoms with Crippen LogP contribution in [0.2, 0.25) is 0 Å². The van der Waals surface area contributed by atoms with Gasteiger partial charge in [0.1, 0.15) is 0 Å². The Kier molecular flexibility index (Phi) is 2.92. The molecule has 5 nitrogen and oxygen atoms in total. The Labute approximate surface area is 131 Å². The van der Waals surface area contributed by atoms with E-state index in [1.807, 2.05) is 24.3 Å². The summed E-state index contributed by atoms with van der Waals surface area (Å²) in [6.07, 6.45) is -1.14. The van der Waals surface area contributed by atoms with Crippen molar-refractivity contribution in [2.24, 2.45) is 0 Å². The van der Waals surface area contributed by atoms with Crippen LogP contribution < -0.4 is 0 Å². The Hall–Kier alpha value is -2.79. The van der Waals surface area contributed by atoms with Crippen molar-refractivity contribution >= 4 is 28.3 Å². The molecular formula is C18H12O5. The molecule has 2 aromatic carbocycles. The summed E-state index contributed by atoms with van der Waals surface area (Å²) in [4.78, 5) is 36.5. The largest absolute Gasteiger partial charge is 0.479 e. The number of carbonyl (C=O) groups excluding carboxylic acids is 2. The number of aliphatic carboxylic acids is 1. The Balaban J connectivity index is 1.88. The van der Waals surface area contributed by atoms with Crippen molar-refractivity contribution in [3.8, 4) is 0 Å². The minimum absolute atomic E-state index is 0.0679. The highest BCUT2D eigenvalue weighted by molar-refractivity contribution is 6.28. The number of Topliss-reactive ketones (excluding diaryl/α,β-unsaturated/α-hetero) is 2. The molecule has 1 aliphatic heterocycles. The fourth-order valence-corrected chi connectivity index (χ4v) is 3.17. The lowest BCUT2D eigenvalue weighted by molar-refractivity contribution is -0.150. The first-order valence-corrected chi connectivity index (χ1v) is 7.25. The third-order valence-corrected chi connectivity index (χ3v) is 4.38. The normalized spacial score (nSPS) is 20.4. The SMILES string of the molecule is O=C1C2=C(CC(C(=O)O)OC2)C(=O)c2cc3ccccc3cc21. The van der Waals surface area contributed by atoms with Crippen LogP contribution in [0.1, 0.15) is 27.1 Å². The molecule has 1 atom stereocenters. The van der Waals surface area contributed by atoms with E-state index in [9.17, 15) is 14.4 Å². The number of rotatable bonds is 1. The van der Waals surface area contributed by atoms with E-state index in [-0.39, 0.29) is 35.7 Å². The predicted octanol–water partition coefficient (Wildman–Crippen LogP) is 2.39. The highest BCUT2D eigenvalue weighted by Gasteiger charge is 2.38. The van der Waals surface area contributed by atoms with Crippen LogP contribution in [0.25, 0.3) is 10.8 Å². The Morgan fingerprint density at radius 1 is 1.00 bits per heavy atom. The molecule has 0 radical (unpaired) electrons. The quantitative estimate of drug-likeness (QED) is 0.875. The highest BCUT2D eigenvalue weighted by atomic mass is 16.5. The van der Waals surface area contributed by atoms with Crippen molar-refractivity contribution in [2.45, 2.75) is 12.5 Å². The molecule has 1 unspecified atom stereocenters. The number of fused-ring (bicyclic) bond motifs is 2. The topological polar surface area (TPSA) is 80.7 Å². The van der Waals surface area contributed by atoms with E-state index < -0.39 is 12.1 Å². The van der Waals surface area contributed by atoms with Gasteiger partial charge in [0.05, 0.1) is 6.61 Å². The number of hydrogen-bond acceptors (Lipinski definition) is 4. The third kappa shape index (κ3) is 2.01. The summed E-state index contributed by atoms with van der Waals surface area (Å²) in [6, 6.07) is 10.9. The van der Waals surface area contributed by atoms with Gasteiger partial charge >= 0.3 is 5.97 Å². The Morgan fingerprint density at radius 2 is 1.57 bits per heavy atom. The molecule has 0 saturated heterocycles. The van der Waals surface area contributed by atoms with Gasteiger partial charge in [0.2, 0.25) is 0 Å². The molecule has 1 N–H and O–H groups in total. The second-order valence-electron chi connectivity index (χ2n) is 5.70. The van der Waals surface area contributed by atoms with Gasteiger partial charge in [-0.1, -0.05) is 24.3 Å². The number of carboxylic acid groups (broad SMARTS) is 1. The van der Waals surface area contributed by atoms with Gasteiger partial charge < -0.3 is 9.84 Å². The summed E-state index contributed by atoms with van der Waals surface area (Å²) in [6.45, 7) is -0.136. The molecule has 2 aromatic rings. The number of ether oxygens (including phenoxy) is 1. The maximum absolute atomic E-state index is 12.7. The minimum Gasteiger partial charge on any atom is -0.479 e. The van der Waals surface area contributed by atoms with Gasteiger partial charge in [0, 0.05) is 28.7 Å². The molecule has 0 saturated carbocycles. The van der Waals surface area contributed by atoms with Gasteiger partial charge in [-0.15, -0.1) is 0 Å². The van der Waals surface area contributed by atoms with Crippen LogP contribution in [0.4, 0.5) is 0 Å². The van der Waals surface area contributed by atoms with Crippen LogP contribution >= 0.6 is 0 Å². The van der Waals surface area contributed by atoms with E-state index in [2.05, 4.69) is 0 Å². The average molecular weight is 308 g/mol. The van der Waals surface area contributed by atoms with Gasteiger partial charge in [-0.05, 0) is 22.9 Å². The van der Waals surface area contributed by atoms with Crippen LogP contribution in [0, 0.1) is 0 Å². The molecule has 1 heterocycles. The molecule has 2 aliphatic rings. The van der Waals surface area contributed by atoms with Crippen LogP contribution in [-0.2, 0) is 9.53 Å². The smallest absolute Gasteiger partial charge is 0.333 e. The lowest BCUT2D eigenvalue weighted by Gasteiger charge is -2.28. The molecule has 0 amide bonds. The summed E-state index contributed by atoms with van der Waals surface area (Å²) in [7, 11) is 0. The first kappa shape index (κ1) is 13.8. The predicted molar refractivity (Wildman–Crippen MR) is 81.6 cm³/mol. The molecule has 0 aromatic heterocycles. The fourth-order valence-electron chi connectivity index (χ4n) is 3.17. The first-order valence-electron chi connectivity index (χ1n) is 7.25. The number of carbonyl (C=O) groups is 3. The Bertz CT molecular complexity index is 922. The summed E-state index contributed by atoms with van der Waals surface area (Å²) < 4.78 is 5.20. The fraction of sp³-hybridized carbons (Fsp3) is 0.167. The van der Waals surface area contributed by atoms with Gasteiger partial charge in [-0.3, -0.25) is 9.59 Å². The zero-order valence-electron chi connectivity index (χ0n) is 12.0. The van der Waals surface area contributed by atoms with Crippen LogP contribution in [-0.4, -0.2) is 35.4 Å². The lowest BCUT2D eigenvalue weighted by atomic mass is 9.80. The lowest BCUT2D eigenvalue weighted by Crippen LogP contribution is -2.36. The third-order valence-electron chi connectivity index (χ3n) is 4.38. The Morgan fingerprint density at radius 3 is 2.13 bits per heavy atom. The van der Waals surface area contributed by atoms with E-state index in [0.717, 1.165) is 10.8 Å². The highest BCUT2D eigenvalue weighted by Crippen LogP contribution is 2.34. The molecule has 0 bridgehead atoms. The van der Waals surface area contributed by atoms with E-state index >= 15 is 0 Å². The van der Waals surface area contributed by atoms with Crippen molar-refractivity contribution in [1.82, 2.24) is 0 Å². The number of benzene rings is 2. The number of hydrogen-bond donors (Lipinski definition) is 1. The van der Waals surface area contributed by atoms with Crippen LogP contribution in [0.15, 0.2) is 47.5 Å². The molecule has 4 rings (SSSR count). The second-order valence-corrected chi connectivity index (χ2v) is 5.70. The maximum Gasteiger partial charge on any atom is 0.333 e. The van der Waals surface area contributed by atoms with Crippen molar-refractivity contribution in [2.75, 3.05) is 6.61 Å². The van der Waals surface area contributed by atoms with Crippen molar-refractivity contribution < 1.29 is 24.2 Å². The van der Waals surface area contributed by atoms with Crippen LogP contribution in [0.3, 0.4) is 0 Å². The zero-order chi connectivity index (χ0) is 16.1. The molecule has 0 fully saturated rings. The van der Waals surface area contributed by atoms with Crippen molar-refractivity contribution in [3.63, 3.8) is 0 Å². The van der Waals surface area contributed by atoms with Crippen LogP contribution in [0.5, 0.6) is 0 Å².